The van der Waals surface area contributed by atoms with Crippen LogP contribution >= 0.6 is 0 Å². The molecule has 0 bridgehead atoms. The Labute approximate surface area is 143 Å². The maximum Gasteiger partial charge on any atom is 0.304 e. The van der Waals surface area contributed by atoms with Crippen molar-refractivity contribution in [1.29, 1.82) is 0 Å². The van der Waals surface area contributed by atoms with Gasteiger partial charge in [0.1, 0.15) is 0 Å². The van der Waals surface area contributed by atoms with E-state index in [2.05, 4.69) is 4.83 Å². The summed E-state index contributed by atoms with van der Waals surface area (Å²) < 4.78 is 25.0. The SMILES string of the molecule is CCC(=O)C(=O)N(CC1CCCCC1)NS(=O)(=O)c1ccccc1. The number of benzene rings is 1. The number of sulfonamides is 1. The maximum atomic E-state index is 12.5. The molecule has 132 valence electrons. The highest BCUT2D eigenvalue weighted by Crippen LogP contribution is 2.24. The molecule has 7 heteroatoms. The van der Waals surface area contributed by atoms with E-state index in [1.54, 1.807) is 25.1 Å². The van der Waals surface area contributed by atoms with Crippen molar-refractivity contribution < 1.29 is 18.0 Å². The largest absolute Gasteiger partial charge is 0.304 e. The quantitative estimate of drug-likeness (QED) is 0.603. The number of ketones is 1. The minimum absolute atomic E-state index is 0.0487. The van der Waals surface area contributed by atoms with Gasteiger partial charge in [-0.15, -0.1) is 4.83 Å². The third-order valence-corrected chi connectivity index (χ3v) is 5.61. The number of hydrazine groups is 1. The van der Waals surface area contributed by atoms with Crippen LogP contribution in [0.3, 0.4) is 0 Å². The molecule has 0 unspecified atom stereocenters. The van der Waals surface area contributed by atoms with Gasteiger partial charge in [-0.3, -0.25) is 14.6 Å². The van der Waals surface area contributed by atoms with Crippen LogP contribution in [0, 0.1) is 5.92 Å². The second kappa shape index (κ2) is 8.39. The molecule has 0 aliphatic heterocycles. The first kappa shape index (κ1) is 18.6. The lowest BCUT2D eigenvalue weighted by atomic mass is 9.89. The van der Waals surface area contributed by atoms with Crippen molar-refractivity contribution in [2.24, 2.45) is 5.92 Å². The summed E-state index contributed by atoms with van der Waals surface area (Å²) in [6, 6.07) is 7.84. The molecule has 0 spiro atoms. The zero-order valence-electron chi connectivity index (χ0n) is 13.9. The van der Waals surface area contributed by atoms with Gasteiger partial charge in [-0.1, -0.05) is 44.4 Å². The minimum atomic E-state index is -3.89. The van der Waals surface area contributed by atoms with Gasteiger partial charge >= 0.3 is 5.91 Å². The Morgan fingerprint density at radius 1 is 1.12 bits per heavy atom. The van der Waals surface area contributed by atoms with Crippen molar-refractivity contribution in [3.63, 3.8) is 0 Å². The summed E-state index contributed by atoms with van der Waals surface area (Å²) in [4.78, 5) is 26.5. The molecule has 24 heavy (non-hydrogen) atoms. The highest BCUT2D eigenvalue weighted by atomic mass is 32.2. The molecule has 1 aromatic carbocycles. The van der Waals surface area contributed by atoms with Gasteiger partial charge in [-0.2, -0.15) is 0 Å². The number of rotatable bonds is 7. The fraction of sp³-hybridized carbons (Fsp3) is 0.529. The average molecular weight is 352 g/mol. The lowest BCUT2D eigenvalue weighted by molar-refractivity contribution is -0.146. The van der Waals surface area contributed by atoms with Crippen LogP contribution in [0.2, 0.25) is 0 Å². The van der Waals surface area contributed by atoms with Crippen LogP contribution in [0.15, 0.2) is 35.2 Å². The molecule has 2 rings (SSSR count). The standard InChI is InChI=1S/C17H24N2O4S/c1-2-16(20)17(21)19(13-14-9-5-3-6-10-14)18-24(22,23)15-11-7-4-8-12-15/h4,7-8,11-12,14,18H,2-3,5-6,9-10,13H2,1H3. The van der Waals surface area contributed by atoms with Crippen molar-refractivity contribution in [2.75, 3.05) is 6.54 Å². The van der Waals surface area contributed by atoms with Crippen molar-refractivity contribution >= 4 is 21.7 Å². The molecule has 1 N–H and O–H groups in total. The van der Waals surface area contributed by atoms with Crippen LogP contribution < -0.4 is 4.83 Å². The smallest absolute Gasteiger partial charge is 0.289 e. The number of hydrogen-bond acceptors (Lipinski definition) is 4. The summed E-state index contributed by atoms with van der Waals surface area (Å²) in [5, 5.41) is 0.990. The first-order valence-corrected chi connectivity index (χ1v) is 9.84. The number of nitrogens with one attached hydrogen (secondary N) is 1. The normalized spacial score (nSPS) is 15.9. The molecule has 1 aliphatic rings. The molecule has 0 aromatic heterocycles. The topological polar surface area (TPSA) is 83.6 Å². The number of hydrogen-bond donors (Lipinski definition) is 1. The van der Waals surface area contributed by atoms with Crippen LogP contribution in [-0.4, -0.2) is 31.7 Å². The number of carbonyl (C=O) groups excluding carboxylic acids is 2. The Kier molecular flexibility index (Phi) is 6.51. The first-order chi connectivity index (χ1) is 11.4. The molecule has 1 aromatic rings. The summed E-state index contributed by atoms with van der Waals surface area (Å²) >= 11 is 0. The van der Waals surface area contributed by atoms with Crippen molar-refractivity contribution in [3.8, 4) is 0 Å². The van der Waals surface area contributed by atoms with Gasteiger partial charge in [-0.25, -0.2) is 8.42 Å². The summed E-state index contributed by atoms with van der Waals surface area (Å²) in [6.45, 7) is 1.82. The molecule has 6 nitrogen and oxygen atoms in total. The first-order valence-electron chi connectivity index (χ1n) is 8.36. The summed E-state index contributed by atoms with van der Waals surface area (Å²) in [5.41, 5.74) is 0. The Hall–Kier alpha value is -1.73. The van der Waals surface area contributed by atoms with Crippen LogP contribution in [-0.2, 0) is 19.6 Å². The maximum absolute atomic E-state index is 12.5. The van der Waals surface area contributed by atoms with E-state index in [-0.39, 0.29) is 23.8 Å². The number of amides is 1. The third-order valence-electron chi connectivity index (χ3n) is 4.25. The highest BCUT2D eigenvalue weighted by molar-refractivity contribution is 7.89. The van der Waals surface area contributed by atoms with E-state index >= 15 is 0 Å². The van der Waals surface area contributed by atoms with Crippen molar-refractivity contribution in [2.45, 2.75) is 50.3 Å². The van der Waals surface area contributed by atoms with E-state index in [0.29, 0.717) is 0 Å². The van der Waals surface area contributed by atoms with Crippen LogP contribution in [0.4, 0.5) is 0 Å². The minimum Gasteiger partial charge on any atom is -0.289 e. The van der Waals surface area contributed by atoms with Gasteiger partial charge in [-0.05, 0) is 30.9 Å². The van der Waals surface area contributed by atoms with E-state index in [1.807, 2.05) is 0 Å². The molecule has 0 atom stereocenters. The Balaban J connectivity index is 2.18. The molecular weight excluding hydrogens is 328 g/mol. The lowest BCUT2D eigenvalue weighted by Crippen LogP contribution is -2.50. The Bertz CT molecular complexity index is 667. The fourth-order valence-electron chi connectivity index (χ4n) is 2.89. The van der Waals surface area contributed by atoms with E-state index in [1.165, 1.54) is 12.1 Å². The van der Waals surface area contributed by atoms with Gasteiger partial charge < -0.3 is 0 Å². The Morgan fingerprint density at radius 2 is 1.75 bits per heavy atom. The zero-order valence-corrected chi connectivity index (χ0v) is 14.7. The summed E-state index contributed by atoms with van der Waals surface area (Å²) in [5.74, 6) is -1.17. The zero-order chi connectivity index (χ0) is 17.6. The Morgan fingerprint density at radius 3 is 2.33 bits per heavy atom. The van der Waals surface area contributed by atoms with E-state index < -0.39 is 21.7 Å². The van der Waals surface area contributed by atoms with Crippen molar-refractivity contribution in [1.82, 2.24) is 9.84 Å². The third kappa shape index (κ3) is 4.88. The van der Waals surface area contributed by atoms with Crippen LogP contribution in [0.5, 0.6) is 0 Å². The monoisotopic (exact) mass is 352 g/mol. The number of nitrogens with zero attached hydrogens (tertiary/aromatic N) is 1. The van der Waals surface area contributed by atoms with Crippen LogP contribution in [0.1, 0.15) is 45.4 Å². The van der Waals surface area contributed by atoms with E-state index in [4.69, 9.17) is 0 Å². The molecular formula is C17H24N2O4S. The molecule has 1 amide bonds. The van der Waals surface area contributed by atoms with Gasteiger partial charge in [0.05, 0.1) is 4.90 Å². The second-order valence-electron chi connectivity index (χ2n) is 6.10. The van der Waals surface area contributed by atoms with Crippen LogP contribution in [0.25, 0.3) is 0 Å². The van der Waals surface area contributed by atoms with Gasteiger partial charge in [0, 0.05) is 13.0 Å². The van der Waals surface area contributed by atoms with Gasteiger partial charge in [0.2, 0.25) is 5.78 Å². The molecule has 0 radical (unpaired) electrons. The average Bonchev–Trinajstić information content (AvgIpc) is 2.61. The lowest BCUT2D eigenvalue weighted by Gasteiger charge is -2.29. The number of carbonyl (C=O) groups is 2. The molecule has 0 heterocycles. The second-order valence-corrected chi connectivity index (χ2v) is 7.77. The summed E-state index contributed by atoms with van der Waals surface area (Å²) in [6.07, 6.45) is 5.23. The predicted octanol–water partition coefficient (Wildman–Crippen LogP) is 2.27. The highest BCUT2D eigenvalue weighted by Gasteiger charge is 2.28. The van der Waals surface area contributed by atoms with Gasteiger partial charge in [0.15, 0.2) is 0 Å². The molecule has 1 aliphatic carbocycles. The fourth-order valence-corrected chi connectivity index (χ4v) is 3.96. The van der Waals surface area contributed by atoms with E-state index in [9.17, 15) is 18.0 Å². The van der Waals surface area contributed by atoms with E-state index in [0.717, 1.165) is 37.1 Å². The van der Waals surface area contributed by atoms with Crippen molar-refractivity contribution in [3.05, 3.63) is 30.3 Å². The van der Waals surface area contributed by atoms with Gasteiger partial charge in [0.25, 0.3) is 10.0 Å². The number of Topliss-reactive ketones (excluding diaryl/α,β-unsaturated/α-hetero) is 1. The molecule has 0 saturated heterocycles. The predicted molar refractivity (Wildman–Crippen MR) is 90.3 cm³/mol. The summed E-state index contributed by atoms with van der Waals surface area (Å²) in [7, 11) is -3.89. The molecule has 1 saturated carbocycles. The molecule has 1 fully saturated rings.